The van der Waals surface area contributed by atoms with Crippen LogP contribution in [-0.4, -0.2) is 34.5 Å². The van der Waals surface area contributed by atoms with Crippen molar-refractivity contribution in [3.8, 4) is 0 Å². The fraction of sp³-hybridized carbons (Fsp3) is 0.500. The molecule has 0 aliphatic heterocycles. The second kappa shape index (κ2) is 5.51. The first-order chi connectivity index (χ1) is 8.88. The van der Waals surface area contributed by atoms with Crippen LogP contribution in [0.3, 0.4) is 0 Å². The van der Waals surface area contributed by atoms with Crippen LogP contribution in [-0.2, 0) is 0 Å². The normalized spacial score (nSPS) is 13.4. The van der Waals surface area contributed by atoms with Crippen LogP contribution in [0.2, 0.25) is 5.28 Å². The summed E-state index contributed by atoms with van der Waals surface area (Å²) < 4.78 is 86.8. The molecule has 20 heavy (non-hydrogen) atoms. The summed E-state index contributed by atoms with van der Waals surface area (Å²) in [6.45, 7) is -1.99. The van der Waals surface area contributed by atoms with E-state index < -0.39 is 35.7 Å². The van der Waals surface area contributed by atoms with Crippen LogP contribution in [0.1, 0.15) is 0 Å². The Kier molecular flexibility index (Phi) is 4.74. The van der Waals surface area contributed by atoms with E-state index in [-0.39, 0.29) is 4.47 Å². The smallest absolute Gasteiger partial charge is 0.363 e. The fourth-order valence-electron chi connectivity index (χ4n) is 0.983. The first-order valence-corrected chi connectivity index (χ1v) is 5.80. The molecule has 0 atom stereocenters. The van der Waals surface area contributed by atoms with Crippen molar-refractivity contribution in [2.75, 3.05) is 11.9 Å². The van der Waals surface area contributed by atoms with Gasteiger partial charge in [0.1, 0.15) is 5.82 Å². The van der Waals surface area contributed by atoms with Gasteiger partial charge in [0, 0.05) is 6.20 Å². The molecule has 0 aliphatic rings. The van der Waals surface area contributed by atoms with Gasteiger partial charge in [0.2, 0.25) is 5.28 Å². The van der Waals surface area contributed by atoms with Crippen molar-refractivity contribution in [2.45, 2.75) is 18.0 Å². The van der Waals surface area contributed by atoms with Crippen molar-refractivity contribution in [3.05, 3.63) is 16.0 Å². The van der Waals surface area contributed by atoms with E-state index in [0.29, 0.717) is 0 Å². The van der Waals surface area contributed by atoms with Gasteiger partial charge in [-0.3, -0.25) is 0 Å². The Hall–Kier alpha value is -0.840. The van der Waals surface area contributed by atoms with Crippen LogP contribution in [0.15, 0.2) is 10.7 Å². The van der Waals surface area contributed by atoms with Gasteiger partial charge in [-0.05, 0) is 27.5 Å². The second-order valence-corrected chi connectivity index (χ2v) is 4.66. The Bertz CT molecular complexity index is 493. The molecule has 1 aromatic rings. The van der Waals surface area contributed by atoms with Crippen molar-refractivity contribution in [3.63, 3.8) is 0 Å². The quantitative estimate of drug-likeness (QED) is 0.620. The molecule has 1 heterocycles. The van der Waals surface area contributed by atoms with Crippen LogP contribution in [0.4, 0.5) is 36.6 Å². The lowest BCUT2D eigenvalue weighted by Crippen LogP contribution is -2.55. The molecule has 0 spiro atoms. The van der Waals surface area contributed by atoms with Crippen molar-refractivity contribution < 1.29 is 30.7 Å². The summed E-state index contributed by atoms with van der Waals surface area (Å²) in [7, 11) is 0. The maximum Gasteiger partial charge on any atom is 0.459 e. The molecule has 1 aromatic heterocycles. The predicted octanol–water partition coefficient (Wildman–Crippen LogP) is 4.14. The van der Waals surface area contributed by atoms with Gasteiger partial charge in [0.15, 0.2) is 0 Å². The van der Waals surface area contributed by atoms with Crippen molar-refractivity contribution in [1.82, 2.24) is 9.97 Å². The first-order valence-electron chi connectivity index (χ1n) is 4.63. The van der Waals surface area contributed by atoms with Crippen LogP contribution >= 0.6 is 27.5 Å². The zero-order valence-electron chi connectivity index (χ0n) is 9.08. The van der Waals surface area contributed by atoms with Gasteiger partial charge < -0.3 is 5.32 Å². The highest BCUT2D eigenvalue weighted by Gasteiger charge is 2.72. The molecular weight excluding hydrogens is 386 g/mol. The average molecular weight is 390 g/mol. The van der Waals surface area contributed by atoms with E-state index >= 15 is 0 Å². The van der Waals surface area contributed by atoms with Crippen molar-refractivity contribution in [2.24, 2.45) is 0 Å². The van der Waals surface area contributed by atoms with Crippen LogP contribution in [0.5, 0.6) is 0 Å². The lowest BCUT2D eigenvalue weighted by molar-refractivity contribution is -0.350. The number of anilines is 1. The fourth-order valence-corrected chi connectivity index (χ4v) is 1.45. The molecule has 0 fully saturated rings. The summed E-state index contributed by atoms with van der Waals surface area (Å²) in [6.07, 6.45) is -5.36. The lowest BCUT2D eigenvalue weighted by Gasteiger charge is -2.28. The number of hydrogen-bond donors (Lipinski definition) is 1. The Morgan fingerprint density at radius 1 is 1.15 bits per heavy atom. The molecule has 114 valence electrons. The Morgan fingerprint density at radius 3 is 2.20 bits per heavy atom. The highest BCUT2D eigenvalue weighted by molar-refractivity contribution is 9.10. The lowest BCUT2D eigenvalue weighted by atomic mass is 10.1. The molecule has 0 amide bonds. The summed E-state index contributed by atoms with van der Waals surface area (Å²) in [5.74, 6) is -12.0. The molecular formula is C8H4BrClF7N3. The van der Waals surface area contributed by atoms with Crippen molar-refractivity contribution in [1.29, 1.82) is 0 Å². The number of halogens is 9. The minimum Gasteiger partial charge on any atom is -0.363 e. The summed E-state index contributed by atoms with van der Waals surface area (Å²) in [5.41, 5.74) is 0. The van der Waals surface area contributed by atoms with Gasteiger partial charge in [-0.25, -0.2) is 4.98 Å². The first kappa shape index (κ1) is 17.2. The molecule has 0 bridgehead atoms. The van der Waals surface area contributed by atoms with Crippen LogP contribution in [0.25, 0.3) is 0 Å². The third kappa shape index (κ3) is 3.43. The zero-order chi connectivity index (χ0) is 15.8. The minimum absolute atomic E-state index is 0.0342. The molecule has 0 aliphatic carbocycles. The van der Waals surface area contributed by atoms with Crippen LogP contribution < -0.4 is 5.32 Å². The molecule has 0 saturated carbocycles. The van der Waals surface area contributed by atoms with Crippen LogP contribution in [0, 0.1) is 0 Å². The molecule has 12 heteroatoms. The highest BCUT2D eigenvalue weighted by Crippen LogP contribution is 2.46. The van der Waals surface area contributed by atoms with Gasteiger partial charge in [-0.1, -0.05) is 0 Å². The third-order valence-corrected chi connectivity index (χ3v) is 2.77. The summed E-state index contributed by atoms with van der Waals surface area (Å²) >= 11 is 8.12. The van der Waals surface area contributed by atoms with Gasteiger partial charge >= 0.3 is 18.0 Å². The topological polar surface area (TPSA) is 37.8 Å². The molecule has 0 saturated heterocycles. The number of nitrogens with one attached hydrogen (secondary N) is 1. The molecule has 1 N–H and O–H groups in total. The monoisotopic (exact) mass is 389 g/mol. The van der Waals surface area contributed by atoms with Gasteiger partial charge in [0.25, 0.3) is 0 Å². The molecule has 1 rings (SSSR count). The van der Waals surface area contributed by atoms with Crippen molar-refractivity contribution >= 4 is 33.3 Å². The number of rotatable bonds is 4. The average Bonchev–Trinajstić information content (AvgIpc) is 2.28. The number of hydrogen-bond acceptors (Lipinski definition) is 3. The zero-order valence-corrected chi connectivity index (χ0v) is 11.4. The third-order valence-electron chi connectivity index (χ3n) is 2.01. The van der Waals surface area contributed by atoms with E-state index in [9.17, 15) is 30.7 Å². The maximum absolute atomic E-state index is 13.0. The Labute approximate surface area is 120 Å². The predicted molar refractivity (Wildman–Crippen MR) is 59.2 cm³/mol. The summed E-state index contributed by atoms with van der Waals surface area (Å²) in [5, 5.41) is 1.26. The minimum atomic E-state index is -6.38. The van der Waals surface area contributed by atoms with E-state index in [1.165, 1.54) is 0 Å². The summed E-state index contributed by atoms with van der Waals surface area (Å²) in [6, 6.07) is 0. The highest BCUT2D eigenvalue weighted by atomic mass is 79.9. The summed E-state index contributed by atoms with van der Waals surface area (Å²) in [4.78, 5) is 6.78. The second-order valence-electron chi connectivity index (χ2n) is 3.47. The molecule has 3 nitrogen and oxygen atoms in total. The number of aromatic nitrogens is 2. The Morgan fingerprint density at radius 2 is 1.70 bits per heavy atom. The van der Waals surface area contributed by atoms with Gasteiger partial charge in [0.05, 0.1) is 11.0 Å². The van der Waals surface area contributed by atoms with E-state index in [0.717, 1.165) is 6.20 Å². The molecule has 0 aromatic carbocycles. The standard InChI is InChI=1S/C8H4BrClF7N3/c9-3-1-18-5(10)20-4(3)19-2-6(11,12)7(13,14)8(15,16)17/h1H,2H2,(H,18,19,20). The number of alkyl halides is 7. The van der Waals surface area contributed by atoms with E-state index in [4.69, 9.17) is 11.6 Å². The largest absolute Gasteiger partial charge is 0.459 e. The van der Waals surface area contributed by atoms with E-state index in [1.54, 1.807) is 5.32 Å². The molecule has 0 radical (unpaired) electrons. The Balaban J connectivity index is 2.90. The van der Waals surface area contributed by atoms with Gasteiger partial charge in [-0.15, -0.1) is 0 Å². The van der Waals surface area contributed by atoms with Gasteiger partial charge in [-0.2, -0.15) is 35.7 Å². The molecule has 0 unspecified atom stereocenters. The number of nitrogens with zero attached hydrogens (tertiary/aromatic N) is 2. The maximum atomic E-state index is 13.0. The van der Waals surface area contributed by atoms with E-state index in [2.05, 4.69) is 25.9 Å². The SMILES string of the molecule is FC(F)(F)C(F)(F)C(F)(F)CNc1nc(Cl)ncc1Br. The van der Waals surface area contributed by atoms with E-state index in [1.807, 2.05) is 0 Å².